The second-order valence-electron chi connectivity index (χ2n) is 4.09. The van der Waals surface area contributed by atoms with Crippen LogP contribution in [0.15, 0.2) is 0 Å². The van der Waals surface area contributed by atoms with Crippen LogP contribution >= 0.6 is 0 Å². The van der Waals surface area contributed by atoms with Gasteiger partial charge in [-0.25, -0.2) is 4.79 Å². The zero-order valence-corrected chi connectivity index (χ0v) is 12.7. The Balaban J connectivity index is 4.60. The number of Topliss-reactive ketones (excluding diaryl/α,β-unsaturated/α-hetero) is 1. The van der Waals surface area contributed by atoms with Crippen molar-refractivity contribution in [2.24, 2.45) is 5.92 Å². The third-order valence-corrected chi connectivity index (χ3v) is 2.54. The van der Waals surface area contributed by atoms with Gasteiger partial charge in [-0.05, 0) is 33.6 Å². The maximum Gasteiger partial charge on any atom is 0.375 e. The third kappa shape index (κ3) is 7.43. The van der Waals surface area contributed by atoms with E-state index in [1.165, 1.54) is 0 Å². The van der Waals surface area contributed by atoms with E-state index in [2.05, 4.69) is 4.74 Å². The Morgan fingerprint density at radius 2 is 1.43 bits per heavy atom. The number of ketones is 1. The van der Waals surface area contributed by atoms with Gasteiger partial charge in [0, 0.05) is 6.42 Å². The molecular formula is C14H22O7. The number of hydrogen-bond acceptors (Lipinski definition) is 7. The molecule has 0 radical (unpaired) electrons. The van der Waals surface area contributed by atoms with Crippen LogP contribution in [-0.2, 0) is 33.4 Å². The minimum absolute atomic E-state index is 0.0370. The van der Waals surface area contributed by atoms with Crippen LogP contribution in [0.1, 0.15) is 40.0 Å². The van der Waals surface area contributed by atoms with Gasteiger partial charge in [-0.15, -0.1) is 0 Å². The highest BCUT2D eigenvalue weighted by atomic mass is 16.5. The van der Waals surface area contributed by atoms with E-state index in [0.29, 0.717) is 0 Å². The molecule has 0 heterocycles. The van der Waals surface area contributed by atoms with Gasteiger partial charge in [0.2, 0.25) is 0 Å². The minimum Gasteiger partial charge on any atom is -0.466 e. The number of carbonyl (C=O) groups is 4. The van der Waals surface area contributed by atoms with Crippen molar-refractivity contribution in [3.05, 3.63) is 0 Å². The van der Waals surface area contributed by atoms with Gasteiger partial charge in [0.05, 0.1) is 19.8 Å². The van der Waals surface area contributed by atoms with Crippen LogP contribution in [-0.4, -0.2) is 43.5 Å². The van der Waals surface area contributed by atoms with Crippen LogP contribution in [0.2, 0.25) is 0 Å². The zero-order valence-electron chi connectivity index (χ0n) is 12.7. The molecule has 0 fully saturated rings. The molecule has 0 spiro atoms. The van der Waals surface area contributed by atoms with Gasteiger partial charge in [-0.2, -0.15) is 0 Å². The van der Waals surface area contributed by atoms with E-state index < -0.39 is 29.6 Å². The second kappa shape index (κ2) is 10.8. The molecule has 0 N–H and O–H groups in total. The monoisotopic (exact) mass is 302 g/mol. The van der Waals surface area contributed by atoms with E-state index in [4.69, 9.17) is 9.47 Å². The van der Waals surface area contributed by atoms with Gasteiger partial charge in [-0.3, -0.25) is 14.4 Å². The lowest BCUT2D eigenvalue weighted by atomic mass is 9.97. The summed E-state index contributed by atoms with van der Waals surface area (Å²) in [6.07, 6.45) is 0.350. The molecule has 21 heavy (non-hydrogen) atoms. The molecule has 0 bridgehead atoms. The van der Waals surface area contributed by atoms with Crippen molar-refractivity contribution in [2.75, 3.05) is 19.8 Å². The predicted octanol–water partition coefficient (Wildman–Crippen LogP) is 1.03. The summed E-state index contributed by atoms with van der Waals surface area (Å²) in [5.74, 6) is -4.44. The Labute approximate surface area is 123 Å². The van der Waals surface area contributed by atoms with Crippen molar-refractivity contribution in [1.82, 2.24) is 0 Å². The van der Waals surface area contributed by atoms with Crippen molar-refractivity contribution >= 4 is 23.7 Å². The largest absolute Gasteiger partial charge is 0.466 e. The van der Waals surface area contributed by atoms with E-state index in [0.717, 1.165) is 0 Å². The molecule has 0 aliphatic heterocycles. The molecule has 0 aliphatic rings. The van der Waals surface area contributed by atoms with Crippen LogP contribution in [0.25, 0.3) is 0 Å². The SMILES string of the molecule is CCOC(=O)CCCC(C(=O)OCC)C(=O)C(=O)OCC. The molecule has 1 unspecified atom stereocenters. The molecule has 120 valence electrons. The lowest BCUT2D eigenvalue weighted by molar-refractivity contribution is -0.162. The summed E-state index contributed by atoms with van der Waals surface area (Å²) in [5, 5.41) is 0. The maximum atomic E-state index is 11.9. The van der Waals surface area contributed by atoms with Gasteiger partial charge >= 0.3 is 17.9 Å². The zero-order chi connectivity index (χ0) is 16.3. The highest BCUT2D eigenvalue weighted by Crippen LogP contribution is 2.14. The summed E-state index contributed by atoms with van der Waals surface area (Å²) >= 11 is 0. The average Bonchev–Trinajstić information content (AvgIpc) is 2.43. The topological polar surface area (TPSA) is 96.0 Å². The van der Waals surface area contributed by atoms with E-state index in [1.807, 2.05) is 0 Å². The number of ether oxygens (including phenoxy) is 3. The number of rotatable bonds is 10. The van der Waals surface area contributed by atoms with Crippen molar-refractivity contribution in [3.8, 4) is 0 Å². The second-order valence-corrected chi connectivity index (χ2v) is 4.09. The molecular weight excluding hydrogens is 280 g/mol. The van der Waals surface area contributed by atoms with E-state index in [1.54, 1.807) is 20.8 Å². The molecule has 0 rings (SSSR count). The predicted molar refractivity (Wildman–Crippen MR) is 72.2 cm³/mol. The Hall–Kier alpha value is -1.92. The quantitative estimate of drug-likeness (QED) is 0.257. The summed E-state index contributed by atoms with van der Waals surface area (Å²) in [6.45, 7) is 5.26. The molecule has 0 saturated heterocycles. The molecule has 0 aliphatic carbocycles. The third-order valence-electron chi connectivity index (χ3n) is 2.54. The van der Waals surface area contributed by atoms with E-state index >= 15 is 0 Å². The van der Waals surface area contributed by atoms with Crippen LogP contribution in [0.3, 0.4) is 0 Å². The van der Waals surface area contributed by atoms with Gasteiger partial charge in [-0.1, -0.05) is 0 Å². The van der Waals surface area contributed by atoms with Crippen LogP contribution in [0, 0.1) is 5.92 Å². The van der Waals surface area contributed by atoms with Crippen LogP contribution in [0.4, 0.5) is 0 Å². The highest BCUT2D eigenvalue weighted by molar-refractivity contribution is 6.37. The smallest absolute Gasteiger partial charge is 0.375 e. The van der Waals surface area contributed by atoms with Gasteiger partial charge in [0.1, 0.15) is 5.92 Å². The summed E-state index contributed by atoms with van der Waals surface area (Å²) < 4.78 is 14.1. The fourth-order valence-corrected chi connectivity index (χ4v) is 1.63. The fraction of sp³-hybridized carbons (Fsp3) is 0.714. The molecule has 0 amide bonds. The van der Waals surface area contributed by atoms with E-state index in [-0.39, 0.29) is 39.1 Å². The first-order valence-electron chi connectivity index (χ1n) is 7.01. The average molecular weight is 302 g/mol. The number of carbonyl (C=O) groups excluding carboxylic acids is 4. The summed E-state index contributed by atoms with van der Waals surface area (Å²) in [4.78, 5) is 46.2. The number of hydrogen-bond donors (Lipinski definition) is 0. The van der Waals surface area contributed by atoms with Crippen LogP contribution in [0.5, 0.6) is 0 Å². The Bertz CT molecular complexity index is 376. The summed E-state index contributed by atoms with van der Waals surface area (Å²) in [7, 11) is 0. The van der Waals surface area contributed by atoms with Crippen molar-refractivity contribution in [1.29, 1.82) is 0 Å². The molecule has 7 nitrogen and oxygen atoms in total. The Kier molecular flexibility index (Phi) is 9.83. The minimum atomic E-state index is -1.24. The van der Waals surface area contributed by atoms with Crippen molar-refractivity contribution in [3.63, 3.8) is 0 Å². The fourth-order valence-electron chi connectivity index (χ4n) is 1.63. The molecule has 0 aromatic heterocycles. The van der Waals surface area contributed by atoms with Crippen LogP contribution < -0.4 is 0 Å². The molecule has 0 aromatic carbocycles. The van der Waals surface area contributed by atoms with Gasteiger partial charge in [0.15, 0.2) is 0 Å². The normalized spacial score (nSPS) is 11.4. The van der Waals surface area contributed by atoms with E-state index in [9.17, 15) is 19.2 Å². The Morgan fingerprint density at radius 1 is 0.857 bits per heavy atom. The summed E-state index contributed by atoms with van der Waals surface area (Å²) in [6, 6.07) is 0. The summed E-state index contributed by atoms with van der Waals surface area (Å²) in [5.41, 5.74) is 0. The molecule has 0 aromatic rings. The first-order chi connectivity index (χ1) is 9.97. The Morgan fingerprint density at radius 3 is 1.95 bits per heavy atom. The molecule has 1 atom stereocenters. The van der Waals surface area contributed by atoms with Crippen molar-refractivity contribution < 1.29 is 33.4 Å². The van der Waals surface area contributed by atoms with Gasteiger partial charge < -0.3 is 14.2 Å². The first kappa shape index (κ1) is 19.1. The molecule has 7 heteroatoms. The molecule has 0 saturated carbocycles. The lowest BCUT2D eigenvalue weighted by Crippen LogP contribution is -2.33. The number of esters is 3. The highest BCUT2D eigenvalue weighted by Gasteiger charge is 2.33. The maximum absolute atomic E-state index is 11.9. The lowest BCUT2D eigenvalue weighted by Gasteiger charge is -2.13. The first-order valence-corrected chi connectivity index (χ1v) is 7.01. The van der Waals surface area contributed by atoms with Crippen molar-refractivity contribution in [2.45, 2.75) is 40.0 Å². The van der Waals surface area contributed by atoms with Gasteiger partial charge in [0.25, 0.3) is 5.78 Å². The standard InChI is InChI=1S/C14H22O7/c1-4-19-11(15)9-7-8-10(13(17)20-5-2)12(16)14(18)21-6-3/h10H,4-9H2,1-3H3.